The van der Waals surface area contributed by atoms with Crippen LogP contribution in [0.1, 0.15) is 15.9 Å². The fourth-order valence-corrected chi connectivity index (χ4v) is 5.28. The van der Waals surface area contributed by atoms with E-state index in [0.717, 1.165) is 21.3 Å². The fourth-order valence-electron chi connectivity index (χ4n) is 3.96. The number of ether oxygens (including phenoxy) is 1. The lowest BCUT2D eigenvalue weighted by atomic mass is 9.98. The van der Waals surface area contributed by atoms with Crippen molar-refractivity contribution in [2.75, 3.05) is 11.9 Å². The molecule has 0 aliphatic rings. The zero-order valence-electron chi connectivity index (χ0n) is 19.5. The quantitative estimate of drug-likeness (QED) is 0.206. The molecule has 3 aromatic carbocycles. The highest BCUT2D eigenvalue weighted by atomic mass is 79.9. The SMILES string of the molecule is Cc1c(-c2cccc(Cl)c2)nc2ccccc2c1C(=O)OCC(=O)Nc1nc(-c2cccc(Br)c2)cs1. The van der Waals surface area contributed by atoms with Gasteiger partial charge in [-0.1, -0.05) is 70.0 Å². The van der Waals surface area contributed by atoms with E-state index >= 15 is 0 Å². The van der Waals surface area contributed by atoms with Crippen molar-refractivity contribution < 1.29 is 14.3 Å². The third-order valence-electron chi connectivity index (χ3n) is 5.64. The summed E-state index contributed by atoms with van der Waals surface area (Å²) in [4.78, 5) is 35.0. The zero-order valence-corrected chi connectivity index (χ0v) is 22.7. The molecule has 0 atom stereocenters. The molecule has 0 aliphatic heterocycles. The lowest BCUT2D eigenvalue weighted by Crippen LogP contribution is -2.21. The van der Waals surface area contributed by atoms with E-state index in [1.807, 2.05) is 73.0 Å². The largest absolute Gasteiger partial charge is 0.452 e. The molecule has 0 saturated heterocycles. The van der Waals surface area contributed by atoms with Crippen LogP contribution in [0.4, 0.5) is 5.13 Å². The van der Waals surface area contributed by atoms with Gasteiger partial charge in [0.2, 0.25) is 0 Å². The Morgan fingerprint density at radius 1 is 1.00 bits per heavy atom. The number of halogens is 2. The van der Waals surface area contributed by atoms with Gasteiger partial charge in [-0.3, -0.25) is 10.1 Å². The number of anilines is 1. The summed E-state index contributed by atoms with van der Waals surface area (Å²) in [6.07, 6.45) is 0. The molecule has 0 radical (unpaired) electrons. The number of thiazole rings is 1. The van der Waals surface area contributed by atoms with Crippen LogP contribution in [0.3, 0.4) is 0 Å². The molecule has 5 aromatic rings. The molecule has 0 unspecified atom stereocenters. The van der Waals surface area contributed by atoms with Gasteiger partial charge in [-0.05, 0) is 42.8 Å². The van der Waals surface area contributed by atoms with Crippen LogP contribution in [0.25, 0.3) is 33.4 Å². The smallest absolute Gasteiger partial charge is 0.339 e. The van der Waals surface area contributed by atoms with Gasteiger partial charge in [0.05, 0.1) is 22.5 Å². The predicted octanol–water partition coefficient (Wildman–Crippen LogP) is 7.55. The van der Waals surface area contributed by atoms with E-state index in [0.29, 0.717) is 37.9 Å². The number of benzene rings is 3. The van der Waals surface area contributed by atoms with Crippen LogP contribution >= 0.6 is 38.9 Å². The molecule has 9 heteroatoms. The molecule has 2 heterocycles. The molecule has 5 rings (SSSR count). The van der Waals surface area contributed by atoms with Crippen LogP contribution in [0.5, 0.6) is 0 Å². The van der Waals surface area contributed by atoms with Crippen LogP contribution in [0.2, 0.25) is 5.02 Å². The Kier molecular flexibility index (Phi) is 7.32. The summed E-state index contributed by atoms with van der Waals surface area (Å²) in [7, 11) is 0. The Hall–Kier alpha value is -3.59. The molecule has 0 spiro atoms. The molecular formula is C28H19BrClN3O3S. The average Bonchev–Trinajstić information content (AvgIpc) is 3.35. The number of para-hydroxylation sites is 1. The molecular weight excluding hydrogens is 574 g/mol. The number of carbonyl (C=O) groups is 2. The maximum atomic E-state index is 13.2. The van der Waals surface area contributed by atoms with Gasteiger partial charge in [0.15, 0.2) is 11.7 Å². The Bertz CT molecular complexity index is 1650. The minimum Gasteiger partial charge on any atom is -0.452 e. The monoisotopic (exact) mass is 591 g/mol. The highest BCUT2D eigenvalue weighted by Crippen LogP contribution is 2.31. The van der Waals surface area contributed by atoms with Gasteiger partial charge < -0.3 is 4.74 Å². The lowest BCUT2D eigenvalue weighted by Gasteiger charge is -2.14. The summed E-state index contributed by atoms with van der Waals surface area (Å²) in [6, 6.07) is 22.3. The fraction of sp³-hybridized carbons (Fsp3) is 0.0714. The first-order valence-electron chi connectivity index (χ1n) is 11.2. The van der Waals surface area contributed by atoms with Gasteiger partial charge in [-0.25, -0.2) is 14.8 Å². The second kappa shape index (κ2) is 10.8. The first-order valence-corrected chi connectivity index (χ1v) is 13.3. The number of amides is 1. The van der Waals surface area contributed by atoms with Gasteiger partial charge in [-0.2, -0.15) is 0 Å². The number of rotatable bonds is 6. The molecule has 37 heavy (non-hydrogen) atoms. The molecule has 1 amide bonds. The van der Waals surface area contributed by atoms with E-state index in [1.165, 1.54) is 11.3 Å². The van der Waals surface area contributed by atoms with Crippen LogP contribution in [-0.4, -0.2) is 28.5 Å². The standard InChI is InChI=1S/C28H19BrClN3O3S/c1-16-25(21-10-2-3-11-22(21)31-26(16)18-7-5-9-20(30)13-18)27(35)36-14-24(34)33-28-32-23(15-37-28)17-6-4-8-19(29)12-17/h2-13,15H,14H2,1H3,(H,32,33,34). The summed E-state index contributed by atoms with van der Waals surface area (Å²) in [6.45, 7) is 1.36. The summed E-state index contributed by atoms with van der Waals surface area (Å²) < 4.78 is 6.38. The van der Waals surface area contributed by atoms with E-state index in [9.17, 15) is 9.59 Å². The first kappa shape index (κ1) is 25.1. The van der Waals surface area contributed by atoms with E-state index < -0.39 is 18.5 Å². The highest BCUT2D eigenvalue weighted by Gasteiger charge is 2.21. The first-order chi connectivity index (χ1) is 17.9. The van der Waals surface area contributed by atoms with Gasteiger partial charge in [0, 0.05) is 31.4 Å². The summed E-state index contributed by atoms with van der Waals surface area (Å²) in [5.41, 5.74) is 4.72. The molecule has 0 saturated carbocycles. The number of hydrogen-bond acceptors (Lipinski definition) is 6. The third kappa shape index (κ3) is 5.56. The van der Waals surface area contributed by atoms with Gasteiger partial charge >= 0.3 is 5.97 Å². The summed E-state index contributed by atoms with van der Waals surface area (Å²) in [5.74, 6) is -1.09. The molecule has 0 fully saturated rings. The Labute approximate surface area is 230 Å². The van der Waals surface area contributed by atoms with Gasteiger partial charge in [0.1, 0.15) is 0 Å². The van der Waals surface area contributed by atoms with Crippen molar-refractivity contribution in [2.45, 2.75) is 6.92 Å². The molecule has 0 bridgehead atoms. The third-order valence-corrected chi connectivity index (χ3v) is 7.13. The molecule has 184 valence electrons. The number of esters is 1. The minimum atomic E-state index is -0.608. The normalized spacial score (nSPS) is 10.9. The van der Waals surface area contributed by atoms with Crippen molar-refractivity contribution in [3.8, 4) is 22.5 Å². The Morgan fingerprint density at radius 2 is 1.78 bits per heavy atom. The van der Waals surface area contributed by atoms with Crippen LogP contribution in [-0.2, 0) is 9.53 Å². The van der Waals surface area contributed by atoms with E-state index in [4.69, 9.17) is 21.3 Å². The van der Waals surface area contributed by atoms with Crippen molar-refractivity contribution in [3.05, 3.63) is 98.8 Å². The number of aromatic nitrogens is 2. The van der Waals surface area contributed by atoms with E-state index in [-0.39, 0.29) is 0 Å². The number of carbonyl (C=O) groups excluding carboxylic acids is 2. The molecule has 1 N–H and O–H groups in total. The number of nitrogens with zero attached hydrogens (tertiary/aromatic N) is 2. The average molecular weight is 593 g/mol. The van der Waals surface area contributed by atoms with Crippen LogP contribution in [0, 0.1) is 6.92 Å². The van der Waals surface area contributed by atoms with Crippen molar-refractivity contribution in [3.63, 3.8) is 0 Å². The maximum absolute atomic E-state index is 13.2. The Morgan fingerprint density at radius 3 is 2.59 bits per heavy atom. The van der Waals surface area contributed by atoms with E-state index in [2.05, 4.69) is 26.2 Å². The number of nitrogens with one attached hydrogen (secondary N) is 1. The maximum Gasteiger partial charge on any atom is 0.339 e. The molecule has 0 aliphatic carbocycles. The van der Waals surface area contributed by atoms with Crippen LogP contribution < -0.4 is 5.32 Å². The Balaban J connectivity index is 1.35. The van der Waals surface area contributed by atoms with Crippen molar-refractivity contribution in [1.82, 2.24) is 9.97 Å². The summed E-state index contributed by atoms with van der Waals surface area (Å²) in [5, 5.41) is 6.19. The van der Waals surface area contributed by atoms with Crippen molar-refractivity contribution >= 4 is 66.8 Å². The topological polar surface area (TPSA) is 81.2 Å². The molecule has 2 aromatic heterocycles. The predicted molar refractivity (Wildman–Crippen MR) is 151 cm³/mol. The number of fused-ring (bicyclic) bond motifs is 1. The van der Waals surface area contributed by atoms with Crippen molar-refractivity contribution in [1.29, 1.82) is 0 Å². The highest BCUT2D eigenvalue weighted by molar-refractivity contribution is 9.10. The number of pyridine rings is 1. The lowest BCUT2D eigenvalue weighted by molar-refractivity contribution is -0.119. The summed E-state index contributed by atoms with van der Waals surface area (Å²) >= 11 is 10.9. The van der Waals surface area contributed by atoms with E-state index in [1.54, 1.807) is 12.1 Å². The minimum absolute atomic E-state index is 0.361. The van der Waals surface area contributed by atoms with Crippen LogP contribution in [0.15, 0.2) is 82.6 Å². The second-order valence-corrected chi connectivity index (χ2v) is 10.4. The van der Waals surface area contributed by atoms with Crippen molar-refractivity contribution in [2.24, 2.45) is 0 Å². The second-order valence-electron chi connectivity index (χ2n) is 8.16. The molecule has 6 nitrogen and oxygen atoms in total. The van der Waals surface area contributed by atoms with Gasteiger partial charge in [0.25, 0.3) is 5.91 Å². The number of hydrogen-bond donors (Lipinski definition) is 1. The zero-order chi connectivity index (χ0) is 25.9. The van der Waals surface area contributed by atoms with Gasteiger partial charge in [-0.15, -0.1) is 11.3 Å².